The number of hydrogen-bond acceptors (Lipinski definition) is 11. The number of rotatable bonds is 10. The molecule has 1 aliphatic carbocycles. The van der Waals surface area contributed by atoms with E-state index in [4.69, 9.17) is 23.8 Å². The van der Waals surface area contributed by atoms with Crippen molar-refractivity contribution in [3.8, 4) is 0 Å². The van der Waals surface area contributed by atoms with Crippen LogP contribution in [0, 0.1) is 5.92 Å². The Labute approximate surface area is 228 Å². The van der Waals surface area contributed by atoms with Crippen LogP contribution in [0.2, 0.25) is 0 Å². The quantitative estimate of drug-likeness (QED) is 0.211. The van der Waals surface area contributed by atoms with Crippen molar-refractivity contribution in [3.05, 3.63) is 12.2 Å². The second-order valence-electron chi connectivity index (χ2n) is 10.5. The van der Waals surface area contributed by atoms with Gasteiger partial charge in [-0.05, 0) is 31.6 Å². The van der Waals surface area contributed by atoms with E-state index >= 15 is 4.39 Å². The summed E-state index contributed by atoms with van der Waals surface area (Å²) in [6.45, 7) is 0.214. The number of aromatic nitrogens is 4. The van der Waals surface area contributed by atoms with Crippen LogP contribution in [-0.4, -0.2) is 94.6 Å². The van der Waals surface area contributed by atoms with E-state index in [1.807, 2.05) is 0 Å². The van der Waals surface area contributed by atoms with Crippen LogP contribution in [0.4, 0.5) is 10.2 Å². The number of nitrogens with zero attached hydrogens (tertiary/aromatic N) is 4. The Morgan fingerprint density at radius 2 is 1.85 bits per heavy atom. The Morgan fingerprint density at radius 1 is 1.15 bits per heavy atom. The highest BCUT2D eigenvalue weighted by Gasteiger charge is 2.47. The molecule has 2 aromatic rings. The maximum atomic E-state index is 15.3. The van der Waals surface area contributed by atoms with Crippen molar-refractivity contribution in [2.45, 2.75) is 75.3 Å². The van der Waals surface area contributed by atoms with Gasteiger partial charge in [0.25, 0.3) is 0 Å². The Hall–Kier alpha value is -1.58. The molecule has 0 spiro atoms. The van der Waals surface area contributed by atoms with Gasteiger partial charge in [-0.3, -0.25) is 13.7 Å². The van der Waals surface area contributed by atoms with Gasteiger partial charge in [-0.25, -0.2) is 19.3 Å². The topological polar surface area (TPSA) is 219 Å². The highest BCUT2D eigenvalue weighted by molar-refractivity contribution is 7.70. The van der Waals surface area contributed by atoms with Gasteiger partial charge in [0.2, 0.25) is 0 Å². The van der Waals surface area contributed by atoms with E-state index in [0.717, 1.165) is 25.7 Å². The molecule has 2 aliphatic heterocycles. The Kier molecular flexibility index (Phi) is 8.94. The van der Waals surface area contributed by atoms with Gasteiger partial charge in [0, 0.05) is 19.3 Å². The zero-order valence-corrected chi connectivity index (χ0v) is 23.3. The van der Waals surface area contributed by atoms with Crippen LogP contribution >= 0.6 is 15.2 Å². The van der Waals surface area contributed by atoms with Crippen LogP contribution in [0.1, 0.15) is 56.7 Å². The zero-order chi connectivity index (χ0) is 28.7. The molecule has 0 radical (unpaired) electrons. The molecule has 4 heterocycles. The fraction of sp³-hybridized carbons (Fsp3) is 0.773. The van der Waals surface area contributed by atoms with Crippen LogP contribution in [-0.2, 0) is 23.1 Å². The lowest BCUT2D eigenvalue weighted by Gasteiger charge is -2.26. The van der Waals surface area contributed by atoms with Crippen molar-refractivity contribution in [2.24, 2.45) is 5.92 Å². The van der Waals surface area contributed by atoms with Crippen LogP contribution in [0.25, 0.3) is 11.2 Å². The first-order chi connectivity index (χ1) is 18.9. The first-order valence-electron chi connectivity index (χ1n) is 13.2. The third kappa shape index (κ3) is 6.73. The molecular weight excluding hydrogens is 575 g/mol. The molecule has 40 heavy (non-hydrogen) atoms. The van der Waals surface area contributed by atoms with Crippen molar-refractivity contribution in [1.29, 1.82) is 0 Å². The van der Waals surface area contributed by atoms with Gasteiger partial charge in [-0.15, -0.1) is 0 Å². The Balaban J connectivity index is 1.42. The summed E-state index contributed by atoms with van der Waals surface area (Å²) in [4.78, 5) is 41.2. The fourth-order valence-corrected chi connectivity index (χ4v) is 7.96. The van der Waals surface area contributed by atoms with Gasteiger partial charge in [0.1, 0.15) is 18.3 Å². The summed E-state index contributed by atoms with van der Waals surface area (Å²) in [6, 6.07) is 0.152. The number of ether oxygens (including phenoxy) is 2. The standard InChI is InChI=1S/C22H34FN5O10P2/c23-15-18(30)14(9-37-40(34,35)11-39(31,32)33)38-22(15)28-10-24-16-19(25-13-3-1-2-4-13)26-20(27-21(16)28)17(29)12-5-7-36-8-6-12/h10,12-15,17-18,22,29-30H,1-9,11H2,(H,34,35)(H,25,26,27)(H2,31,32,33)/t14-,15+,17?,18-,22?/m1/s1. The molecule has 6 atom stereocenters. The Bertz CT molecular complexity index is 1280. The van der Waals surface area contributed by atoms with Crippen LogP contribution in [0.15, 0.2) is 6.33 Å². The lowest BCUT2D eigenvalue weighted by Crippen LogP contribution is -2.31. The average molecular weight is 609 g/mol. The highest BCUT2D eigenvalue weighted by atomic mass is 31.2. The van der Waals surface area contributed by atoms with Crippen LogP contribution in [0.5, 0.6) is 0 Å². The highest BCUT2D eigenvalue weighted by Crippen LogP contribution is 2.55. The number of hydrogen-bond donors (Lipinski definition) is 6. The van der Waals surface area contributed by atoms with E-state index < -0.39 is 58.4 Å². The summed E-state index contributed by atoms with van der Waals surface area (Å²) in [7, 11) is -9.62. The molecule has 18 heteroatoms. The second-order valence-corrected chi connectivity index (χ2v) is 14.5. The number of aliphatic hydroxyl groups excluding tert-OH is 2. The third-order valence-electron chi connectivity index (χ3n) is 7.48. The minimum Gasteiger partial charge on any atom is -0.387 e. The molecule has 6 N–H and O–H groups in total. The van der Waals surface area contributed by atoms with Crippen molar-refractivity contribution < 1.29 is 52.4 Å². The number of nitrogens with one attached hydrogen (secondary N) is 1. The number of fused-ring (bicyclic) bond motifs is 1. The maximum absolute atomic E-state index is 15.3. The number of alkyl halides is 1. The second kappa shape index (κ2) is 12.0. The summed E-state index contributed by atoms with van der Waals surface area (Å²) < 4.78 is 55.5. The monoisotopic (exact) mass is 609 g/mol. The first-order valence-corrected chi connectivity index (χ1v) is 16.7. The van der Waals surface area contributed by atoms with E-state index in [1.165, 1.54) is 10.9 Å². The number of halogens is 1. The van der Waals surface area contributed by atoms with Gasteiger partial charge in [0.05, 0.1) is 12.9 Å². The van der Waals surface area contributed by atoms with Gasteiger partial charge >= 0.3 is 15.2 Å². The normalized spacial score (nSPS) is 29.1. The molecule has 0 amide bonds. The van der Waals surface area contributed by atoms with Gasteiger partial charge in [-0.1, -0.05) is 12.8 Å². The molecule has 5 rings (SSSR count). The Morgan fingerprint density at radius 3 is 2.52 bits per heavy atom. The van der Waals surface area contributed by atoms with Crippen LogP contribution < -0.4 is 5.32 Å². The van der Waals surface area contributed by atoms with Gasteiger partial charge in [-0.2, -0.15) is 0 Å². The van der Waals surface area contributed by atoms with E-state index in [9.17, 15) is 24.2 Å². The number of imidazole rings is 1. The lowest BCUT2D eigenvalue weighted by molar-refractivity contribution is -0.0425. The molecule has 3 unspecified atom stereocenters. The van der Waals surface area contributed by atoms with Crippen LogP contribution in [0.3, 0.4) is 0 Å². The summed E-state index contributed by atoms with van der Waals surface area (Å²) >= 11 is 0. The number of aliphatic hydroxyl groups is 2. The first kappa shape index (κ1) is 29.9. The molecule has 15 nitrogen and oxygen atoms in total. The summed E-state index contributed by atoms with van der Waals surface area (Å²) in [5.41, 5.74) is 0.480. The smallest absolute Gasteiger partial charge is 0.340 e. The molecule has 3 fully saturated rings. The molecule has 224 valence electrons. The maximum Gasteiger partial charge on any atom is 0.340 e. The van der Waals surface area contributed by atoms with Gasteiger partial charge in [0.15, 0.2) is 41.1 Å². The molecule has 2 aromatic heterocycles. The molecule has 2 saturated heterocycles. The number of anilines is 1. The summed E-state index contributed by atoms with van der Waals surface area (Å²) in [6.07, 6.45) is -1.20. The lowest BCUT2D eigenvalue weighted by atomic mass is 9.93. The van der Waals surface area contributed by atoms with E-state index in [-0.39, 0.29) is 23.4 Å². The van der Waals surface area contributed by atoms with E-state index in [2.05, 4.69) is 20.3 Å². The largest absolute Gasteiger partial charge is 0.387 e. The molecule has 1 saturated carbocycles. The summed E-state index contributed by atoms with van der Waals surface area (Å²) in [5.74, 6) is -1.04. The SMILES string of the molecule is O=P(O)(O)CP(=O)(O)OC[C@H]1OC(n2cnc3c(NC4CCCC4)nc(C(O)C4CCOCC4)nc32)[C@@H](F)[C@@H]1O. The van der Waals surface area contributed by atoms with Crippen molar-refractivity contribution >= 4 is 32.2 Å². The van der Waals surface area contributed by atoms with E-state index in [1.54, 1.807) is 0 Å². The van der Waals surface area contributed by atoms with E-state index in [0.29, 0.717) is 37.4 Å². The van der Waals surface area contributed by atoms with Gasteiger partial charge < -0.3 is 44.2 Å². The van der Waals surface area contributed by atoms with Crippen molar-refractivity contribution in [1.82, 2.24) is 19.5 Å². The molecule has 3 aliphatic rings. The summed E-state index contributed by atoms with van der Waals surface area (Å²) in [5, 5.41) is 25.0. The molecule has 0 bridgehead atoms. The minimum atomic E-state index is -4.87. The van der Waals surface area contributed by atoms with Crippen molar-refractivity contribution in [3.63, 3.8) is 0 Å². The minimum absolute atomic E-state index is 0.133. The fourth-order valence-electron chi connectivity index (χ4n) is 5.39. The average Bonchev–Trinajstić information content (AvgIpc) is 3.62. The zero-order valence-electron chi connectivity index (χ0n) is 21.5. The molecule has 0 aromatic carbocycles. The molecular formula is C22H34FN5O10P2. The predicted molar refractivity (Wildman–Crippen MR) is 137 cm³/mol. The van der Waals surface area contributed by atoms with Crippen molar-refractivity contribution in [2.75, 3.05) is 31.0 Å². The predicted octanol–water partition coefficient (Wildman–Crippen LogP) is 1.57. The third-order valence-corrected chi connectivity index (χ3v) is 10.9.